The zero-order valence-corrected chi connectivity index (χ0v) is 10.1. The van der Waals surface area contributed by atoms with Crippen LogP contribution >= 0.6 is 0 Å². The van der Waals surface area contributed by atoms with Crippen molar-refractivity contribution < 1.29 is 9.59 Å². The van der Waals surface area contributed by atoms with Crippen LogP contribution in [0.3, 0.4) is 0 Å². The van der Waals surface area contributed by atoms with E-state index in [-0.39, 0.29) is 5.78 Å². The van der Waals surface area contributed by atoms with E-state index in [0.29, 0.717) is 16.7 Å². The molecule has 2 aromatic rings. The number of carbonyl (C=O) groups is 2. The number of rotatable bonds is 2. The Balaban J connectivity index is 2.44. The highest BCUT2D eigenvalue weighted by atomic mass is 16.1. The highest BCUT2D eigenvalue weighted by molar-refractivity contribution is 6.10. The Bertz CT molecular complexity index is 679. The minimum atomic E-state index is -0.720. The first-order valence-corrected chi connectivity index (χ1v) is 5.68. The van der Waals surface area contributed by atoms with Crippen LogP contribution in [0.1, 0.15) is 21.5 Å². The van der Waals surface area contributed by atoms with Crippen molar-refractivity contribution in [3.05, 3.63) is 71.3 Å². The summed E-state index contributed by atoms with van der Waals surface area (Å²) in [6, 6.07) is 15.8. The van der Waals surface area contributed by atoms with Crippen molar-refractivity contribution in [2.24, 2.45) is 5.73 Å². The molecule has 0 aliphatic heterocycles. The average Bonchev–Trinajstić information content (AvgIpc) is 2.45. The Labute approximate surface area is 111 Å². The van der Waals surface area contributed by atoms with Gasteiger partial charge in [0.15, 0.2) is 5.78 Å². The van der Waals surface area contributed by atoms with Gasteiger partial charge in [-0.1, -0.05) is 48.4 Å². The zero-order valence-electron chi connectivity index (χ0n) is 10.1. The number of ketones is 1. The molecule has 1 amide bonds. The average molecular weight is 249 g/mol. The lowest BCUT2D eigenvalue weighted by Gasteiger charge is -2.03. The fraction of sp³-hybridized carbons (Fsp3) is 0. The van der Waals surface area contributed by atoms with Gasteiger partial charge in [-0.05, 0) is 12.1 Å². The first kappa shape index (κ1) is 12.6. The van der Waals surface area contributed by atoms with E-state index in [1.54, 1.807) is 48.5 Å². The lowest BCUT2D eigenvalue weighted by molar-refractivity contribution is -0.112. The van der Waals surface area contributed by atoms with Crippen molar-refractivity contribution in [1.82, 2.24) is 0 Å². The quantitative estimate of drug-likeness (QED) is 0.651. The van der Waals surface area contributed by atoms with E-state index in [9.17, 15) is 9.59 Å². The lowest BCUT2D eigenvalue weighted by atomic mass is 9.99. The van der Waals surface area contributed by atoms with Crippen molar-refractivity contribution in [1.29, 1.82) is 0 Å². The Hall–Kier alpha value is -2.86. The molecule has 0 fully saturated rings. The Morgan fingerprint density at radius 3 is 2.21 bits per heavy atom. The molecule has 0 radical (unpaired) electrons. The van der Waals surface area contributed by atoms with Crippen LogP contribution in [-0.2, 0) is 4.79 Å². The monoisotopic (exact) mass is 249 g/mol. The van der Waals surface area contributed by atoms with Gasteiger partial charge >= 0.3 is 0 Å². The number of hydrogen-bond donors (Lipinski definition) is 1. The first-order valence-electron chi connectivity index (χ1n) is 5.68. The second-order valence-corrected chi connectivity index (χ2v) is 3.85. The van der Waals surface area contributed by atoms with E-state index in [0.717, 1.165) is 0 Å². The van der Waals surface area contributed by atoms with E-state index in [1.165, 1.54) is 0 Å². The summed E-state index contributed by atoms with van der Waals surface area (Å²) >= 11 is 0. The van der Waals surface area contributed by atoms with Crippen LogP contribution in [0.4, 0.5) is 0 Å². The second kappa shape index (κ2) is 5.65. The normalized spacial score (nSPS) is 9.26. The third kappa shape index (κ3) is 3.08. The summed E-state index contributed by atoms with van der Waals surface area (Å²) in [6.45, 7) is 0. The van der Waals surface area contributed by atoms with Gasteiger partial charge in [0, 0.05) is 22.6 Å². The Morgan fingerprint density at radius 2 is 1.53 bits per heavy atom. The maximum atomic E-state index is 12.3. The van der Waals surface area contributed by atoms with E-state index in [4.69, 9.17) is 5.73 Å². The summed E-state index contributed by atoms with van der Waals surface area (Å²) in [4.78, 5) is 23.0. The van der Waals surface area contributed by atoms with E-state index in [1.807, 2.05) is 6.07 Å². The number of hydrogen-bond acceptors (Lipinski definition) is 2. The van der Waals surface area contributed by atoms with Crippen molar-refractivity contribution in [3.8, 4) is 11.8 Å². The Morgan fingerprint density at radius 1 is 0.895 bits per heavy atom. The molecule has 2 aromatic carbocycles. The molecule has 0 saturated carbocycles. The Kier molecular flexibility index (Phi) is 3.75. The molecule has 0 aliphatic carbocycles. The van der Waals surface area contributed by atoms with E-state index < -0.39 is 5.91 Å². The standard InChI is InChI=1S/C16H11NO2/c17-15(18)11-10-12-6-4-5-9-14(12)16(19)13-7-2-1-3-8-13/h1-9H,(H2,17,18). The summed E-state index contributed by atoms with van der Waals surface area (Å²) in [5.41, 5.74) is 6.52. The topological polar surface area (TPSA) is 60.2 Å². The molecule has 0 unspecified atom stereocenters. The number of primary amides is 1. The lowest BCUT2D eigenvalue weighted by Crippen LogP contribution is -2.07. The number of carbonyl (C=O) groups excluding carboxylic acids is 2. The van der Waals surface area contributed by atoms with E-state index >= 15 is 0 Å². The molecule has 19 heavy (non-hydrogen) atoms. The van der Waals surface area contributed by atoms with Gasteiger partial charge in [-0.25, -0.2) is 0 Å². The van der Waals surface area contributed by atoms with Crippen LogP contribution in [-0.4, -0.2) is 11.7 Å². The van der Waals surface area contributed by atoms with Crippen LogP contribution in [0.25, 0.3) is 0 Å². The maximum Gasteiger partial charge on any atom is 0.293 e. The molecule has 0 aliphatic rings. The van der Waals surface area contributed by atoms with Crippen molar-refractivity contribution in [3.63, 3.8) is 0 Å². The zero-order chi connectivity index (χ0) is 13.7. The molecule has 0 bridgehead atoms. The fourth-order valence-corrected chi connectivity index (χ4v) is 1.66. The molecule has 0 heterocycles. The van der Waals surface area contributed by atoms with Gasteiger partial charge in [0.25, 0.3) is 5.91 Å². The van der Waals surface area contributed by atoms with Crippen molar-refractivity contribution >= 4 is 11.7 Å². The third-order valence-corrected chi connectivity index (χ3v) is 2.53. The van der Waals surface area contributed by atoms with Gasteiger partial charge < -0.3 is 5.73 Å². The first-order chi connectivity index (χ1) is 9.18. The molecule has 3 nitrogen and oxygen atoms in total. The predicted molar refractivity (Wildman–Crippen MR) is 72.4 cm³/mol. The van der Waals surface area contributed by atoms with Gasteiger partial charge in [-0.15, -0.1) is 0 Å². The van der Waals surface area contributed by atoms with Gasteiger partial charge in [0.1, 0.15) is 0 Å². The van der Waals surface area contributed by atoms with Gasteiger partial charge in [-0.2, -0.15) is 0 Å². The van der Waals surface area contributed by atoms with Crippen molar-refractivity contribution in [2.75, 3.05) is 0 Å². The number of nitrogens with two attached hydrogens (primary N) is 1. The SMILES string of the molecule is NC(=O)C#Cc1ccccc1C(=O)c1ccccc1. The molecule has 0 spiro atoms. The summed E-state index contributed by atoms with van der Waals surface area (Å²) in [5.74, 6) is 4.01. The summed E-state index contributed by atoms with van der Waals surface area (Å²) in [5, 5.41) is 0. The van der Waals surface area contributed by atoms with Crippen molar-refractivity contribution in [2.45, 2.75) is 0 Å². The molecule has 3 heteroatoms. The second-order valence-electron chi connectivity index (χ2n) is 3.85. The molecule has 2 N–H and O–H groups in total. The van der Waals surface area contributed by atoms with Crippen LogP contribution < -0.4 is 5.73 Å². The number of benzene rings is 2. The van der Waals surface area contributed by atoms with E-state index in [2.05, 4.69) is 11.8 Å². The molecule has 2 rings (SSSR count). The highest BCUT2D eigenvalue weighted by Gasteiger charge is 2.11. The van der Waals surface area contributed by atoms with Crippen LogP contribution in [0, 0.1) is 11.8 Å². The summed E-state index contributed by atoms with van der Waals surface area (Å²) in [7, 11) is 0. The highest BCUT2D eigenvalue weighted by Crippen LogP contribution is 2.13. The smallest absolute Gasteiger partial charge is 0.293 e. The molecular weight excluding hydrogens is 238 g/mol. The van der Waals surface area contributed by atoms with Gasteiger partial charge in [-0.3, -0.25) is 9.59 Å². The van der Waals surface area contributed by atoms with Crippen LogP contribution in [0.2, 0.25) is 0 Å². The number of amides is 1. The van der Waals surface area contributed by atoms with Gasteiger partial charge in [0.2, 0.25) is 0 Å². The third-order valence-electron chi connectivity index (χ3n) is 2.53. The molecular formula is C16H11NO2. The van der Waals surface area contributed by atoms with Crippen LogP contribution in [0.5, 0.6) is 0 Å². The molecule has 92 valence electrons. The minimum Gasteiger partial charge on any atom is -0.359 e. The maximum absolute atomic E-state index is 12.3. The largest absolute Gasteiger partial charge is 0.359 e. The van der Waals surface area contributed by atoms with Gasteiger partial charge in [0.05, 0.1) is 0 Å². The minimum absolute atomic E-state index is 0.130. The summed E-state index contributed by atoms with van der Waals surface area (Å²) < 4.78 is 0. The predicted octanol–water partition coefficient (Wildman–Crippen LogP) is 1.75. The van der Waals surface area contributed by atoms with Crippen LogP contribution in [0.15, 0.2) is 54.6 Å². The summed E-state index contributed by atoms with van der Waals surface area (Å²) in [6.07, 6.45) is 0. The fourth-order valence-electron chi connectivity index (χ4n) is 1.66. The molecule has 0 atom stereocenters. The molecule has 0 aromatic heterocycles. The molecule has 0 saturated heterocycles.